The Bertz CT molecular complexity index is 3690. The van der Waals surface area contributed by atoms with Crippen LogP contribution < -0.4 is 0 Å². The fraction of sp³-hybridized carbons (Fsp3) is 0.303. The van der Waals surface area contributed by atoms with Gasteiger partial charge < -0.3 is 9.52 Å². The quantitative estimate of drug-likeness (QED) is 0.169. The molecular weight excluding hydrogens is 1060 g/mol. The summed E-state index contributed by atoms with van der Waals surface area (Å²) in [5.41, 5.74) is 15.0. The number of imidazole rings is 1. The molecule has 0 atom stereocenters. The molecule has 3 heterocycles. The number of hydrogen-bond donors (Lipinski definition) is 1. The summed E-state index contributed by atoms with van der Waals surface area (Å²) < 4.78 is 9.44. The summed E-state index contributed by atoms with van der Waals surface area (Å²) in [7, 11) is 0. The largest absolute Gasteiger partial charge is 0.507 e. The fourth-order valence-electron chi connectivity index (χ4n) is 11.0. The average molecular weight is 1130 g/mol. The van der Waals surface area contributed by atoms with Crippen molar-refractivity contribution in [2.24, 2.45) is 5.41 Å². The third-order valence-electron chi connectivity index (χ3n) is 15.4. The Kier molecular flexibility index (Phi) is 12.3. The van der Waals surface area contributed by atoms with E-state index < -0.39 is 0 Å². The van der Waals surface area contributed by atoms with E-state index in [0.29, 0.717) is 22.7 Å². The van der Waals surface area contributed by atoms with Crippen molar-refractivity contribution < 1.29 is 30.6 Å². The summed E-state index contributed by atoms with van der Waals surface area (Å²) in [6.07, 6.45) is 6.76. The number of para-hydroxylation sites is 1. The number of pyridine rings is 1. The summed E-state index contributed by atoms with van der Waals surface area (Å²) in [4.78, 5) is 10.8. The Morgan fingerprint density at radius 3 is 2.07 bits per heavy atom. The van der Waals surface area contributed by atoms with Crippen molar-refractivity contribution in [1.29, 1.82) is 0 Å². The Balaban J connectivity index is 0.00000596. The monoisotopic (exact) mass is 1130 g/mol. The van der Waals surface area contributed by atoms with E-state index in [2.05, 4.69) is 220 Å². The number of furan rings is 1. The van der Waals surface area contributed by atoms with Crippen molar-refractivity contribution in [3.63, 3.8) is 0 Å². The molecule has 0 aliphatic heterocycles. The van der Waals surface area contributed by atoms with E-state index in [4.69, 9.17) is 14.4 Å². The van der Waals surface area contributed by atoms with Gasteiger partial charge in [-0.25, -0.2) is 4.98 Å². The molecule has 6 heteroatoms. The Morgan fingerprint density at radius 1 is 0.639 bits per heavy atom. The maximum absolute atomic E-state index is 12.7. The van der Waals surface area contributed by atoms with Crippen LogP contribution in [0.3, 0.4) is 0 Å². The van der Waals surface area contributed by atoms with E-state index in [9.17, 15) is 5.11 Å². The first-order valence-electron chi connectivity index (χ1n) is 25.6. The summed E-state index contributed by atoms with van der Waals surface area (Å²) in [5.74, 6) is 1.40. The second kappa shape index (κ2) is 18.0. The predicted molar refractivity (Wildman–Crippen MR) is 297 cm³/mol. The molecule has 1 aliphatic rings. The number of phenols is 1. The summed E-state index contributed by atoms with van der Waals surface area (Å²) in [6.45, 7) is 24.8. The molecule has 1 aliphatic carbocycles. The van der Waals surface area contributed by atoms with Crippen molar-refractivity contribution in [2.75, 3.05) is 0 Å². The first kappa shape index (κ1) is 49.3. The summed E-state index contributed by atoms with van der Waals surface area (Å²) in [6, 6.07) is 51.8. The molecule has 7 aromatic carbocycles. The predicted octanol–water partition coefficient (Wildman–Crippen LogP) is 18.2. The normalized spacial score (nSPS) is 14.7. The zero-order chi connectivity index (χ0) is 49.8. The molecule has 5 nitrogen and oxygen atoms in total. The smallest absolute Gasteiger partial charge is 0.148 e. The zero-order valence-electron chi connectivity index (χ0n) is 43.7. The zero-order valence-corrected chi connectivity index (χ0v) is 46.0. The Labute approximate surface area is 440 Å². The number of aromatic nitrogens is 3. The maximum Gasteiger partial charge on any atom is 0.148 e. The molecule has 0 unspecified atom stereocenters. The van der Waals surface area contributed by atoms with Gasteiger partial charge in [-0.15, -0.1) is 12.1 Å². The van der Waals surface area contributed by atoms with Crippen LogP contribution in [0.15, 0.2) is 144 Å². The van der Waals surface area contributed by atoms with Gasteiger partial charge in [0.25, 0.3) is 0 Å². The first-order valence-corrected chi connectivity index (χ1v) is 25.6. The van der Waals surface area contributed by atoms with Crippen LogP contribution in [-0.2, 0) is 37.3 Å². The van der Waals surface area contributed by atoms with Gasteiger partial charge in [0.05, 0.1) is 27.9 Å². The van der Waals surface area contributed by atoms with E-state index >= 15 is 0 Å². The van der Waals surface area contributed by atoms with Crippen LogP contribution in [0.2, 0.25) is 0 Å². The molecule has 0 spiro atoms. The molecule has 3 aromatic heterocycles. The van der Waals surface area contributed by atoms with E-state index in [1.165, 1.54) is 36.8 Å². The van der Waals surface area contributed by atoms with Crippen molar-refractivity contribution in [3.05, 3.63) is 168 Å². The van der Waals surface area contributed by atoms with Crippen molar-refractivity contribution in [1.82, 2.24) is 14.5 Å². The molecule has 0 bridgehead atoms. The van der Waals surface area contributed by atoms with Crippen molar-refractivity contribution >= 4 is 43.7 Å². The van der Waals surface area contributed by atoms with Crippen LogP contribution in [0, 0.1) is 11.5 Å². The first-order chi connectivity index (χ1) is 33.7. The van der Waals surface area contributed by atoms with Crippen molar-refractivity contribution in [3.8, 4) is 56.3 Å². The van der Waals surface area contributed by atoms with Crippen LogP contribution in [0.4, 0.5) is 0 Å². The second-order valence-electron chi connectivity index (χ2n) is 24.2. The number of benzene rings is 7. The van der Waals surface area contributed by atoms with Gasteiger partial charge in [-0.2, -0.15) is 0 Å². The Morgan fingerprint density at radius 2 is 1.35 bits per heavy atom. The molecule has 1 fully saturated rings. The fourth-order valence-corrected chi connectivity index (χ4v) is 11.0. The molecule has 0 radical (unpaired) electrons. The van der Waals surface area contributed by atoms with Crippen molar-refractivity contribution in [2.45, 2.75) is 124 Å². The minimum absolute atomic E-state index is 0. The van der Waals surface area contributed by atoms with E-state index in [-0.39, 0.29) is 43.1 Å². The molecule has 0 saturated heterocycles. The SMILES string of the molecule is CC1(C)CCC(c2ccnc(-c3[c-]c(-c4cccc5c4nc(-c4cc(C(C)(C)C)cc(C(C)(C)C)c4O)n5-c4ccc(C(C)(C)C)cc4-c4ccccc4)c4oc5c6ccccc6ccc5c4c3)c2)CC1.[Pt]. The number of nitrogens with zero attached hydrogens (tertiary/aromatic N) is 3. The van der Waals surface area contributed by atoms with Crippen LogP contribution in [-0.4, -0.2) is 19.6 Å². The Hall–Kier alpha value is -6.29. The molecule has 0 amide bonds. The van der Waals surface area contributed by atoms with Gasteiger partial charge in [-0.1, -0.05) is 190 Å². The van der Waals surface area contributed by atoms with Crippen LogP contribution in [0.25, 0.3) is 94.3 Å². The molecule has 368 valence electrons. The summed E-state index contributed by atoms with van der Waals surface area (Å²) >= 11 is 0. The van der Waals surface area contributed by atoms with Gasteiger partial charge >= 0.3 is 0 Å². The average Bonchev–Trinajstić information content (AvgIpc) is 3.92. The van der Waals surface area contributed by atoms with Gasteiger partial charge in [-0.3, -0.25) is 9.55 Å². The number of phenolic OH excluding ortho intramolecular Hbond substituents is 1. The topological polar surface area (TPSA) is 64.1 Å². The third kappa shape index (κ3) is 8.80. The third-order valence-corrected chi connectivity index (χ3v) is 15.4. The van der Waals surface area contributed by atoms with Gasteiger partial charge in [0, 0.05) is 54.9 Å². The van der Waals surface area contributed by atoms with E-state index in [1.807, 2.05) is 6.20 Å². The minimum atomic E-state index is -0.350. The molecule has 11 rings (SSSR count). The van der Waals surface area contributed by atoms with E-state index in [1.54, 1.807) is 0 Å². The number of fused-ring (bicyclic) bond motifs is 6. The minimum Gasteiger partial charge on any atom is -0.507 e. The molecule has 1 saturated carbocycles. The molecule has 72 heavy (non-hydrogen) atoms. The van der Waals surface area contributed by atoms with Gasteiger partial charge in [-0.05, 0) is 117 Å². The number of aromatic hydroxyl groups is 1. The molecule has 10 aromatic rings. The van der Waals surface area contributed by atoms with Gasteiger partial charge in [0.2, 0.25) is 0 Å². The van der Waals surface area contributed by atoms with Crippen LogP contribution in [0.5, 0.6) is 5.75 Å². The second-order valence-corrected chi connectivity index (χ2v) is 24.2. The number of rotatable bonds is 6. The molecular formula is C66H66N3O2Pt-. The summed E-state index contributed by atoms with van der Waals surface area (Å²) in [5, 5.41) is 17.0. The van der Waals surface area contributed by atoms with E-state index in [0.717, 1.165) is 94.1 Å². The van der Waals surface area contributed by atoms with Gasteiger partial charge in [0.1, 0.15) is 17.2 Å². The standard InChI is InChI=1S/C66H66N3O2.Pt/c1-63(2,3)45-25-27-56(50(37-45)41-18-13-12-14-19-41)69-57-23-17-22-48(58(57)68-62(69)53-38-46(64(4,5)6)39-54(59(53)70)65(7,8)9)51-34-44(55-36-43(30-33-67-55)40-28-31-66(10,11)32-29-40)35-52-49-26-24-42-20-15-16-21-47(42)60(49)71-61(51)52;/h12-27,30,33,35-40,70H,28-29,31-32H2,1-11H3;/q-1;. The van der Waals surface area contributed by atoms with Crippen LogP contribution in [0.1, 0.15) is 130 Å². The molecule has 1 N–H and O–H groups in total. The van der Waals surface area contributed by atoms with Crippen LogP contribution >= 0.6 is 0 Å². The number of hydrogen-bond acceptors (Lipinski definition) is 4. The van der Waals surface area contributed by atoms with Gasteiger partial charge in [0.15, 0.2) is 0 Å². The maximum atomic E-state index is 12.7.